The zero-order chi connectivity index (χ0) is 12.3. The van der Waals surface area contributed by atoms with Crippen LogP contribution in [-0.4, -0.2) is 5.11 Å². The van der Waals surface area contributed by atoms with Crippen LogP contribution in [0.2, 0.25) is 0 Å². The third-order valence-electron chi connectivity index (χ3n) is 2.51. The maximum absolute atomic E-state index is 9.41. The van der Waals surface area contributed by atoms with E-state index in [2.05, 4.69) is 31.2 Å². The van der Waals surface area contributed by atoms with Crippen molar-refractivity contribution >= 4 is 17.8 Å². The van der Waals surface area contributed by atoms with Gasteiger partial charge in [-0.25, -0.2) is 0 Å². The van der Waals surface area contributed by atoms with Gasteiger partial charge in [0.15, 0.2) is 0 Å². The largest absolute Gasteiger partial charge is 0.508 e. The number of phenols is 1. The molecule has 0 spiro atoms. The van der Waals surface area contributed by atoms with Gasteiger partial charge in [0.25, 0.3) is 0 Å². The van der Waals surface area contributed by atoms with Crippen LogP contribution in [0.5, 0.6) is 5.75 Å². The molecule has 2 aromatic rings. The molecule has 2 heteroatoms. The quantitative estimate of drug-likeness (QED) is 0.607. The summed E-state index contributed by atoms with van der Waals surface area (Å²) in [6, 6.07) is 13.3. The highest BCUT2D eigenvalue weighted by Gasteiger charge is 1.94. The SMILES string of the molecule is Cc1ccc(/C=C/c2cc(N)cc(O)c2)cc1. The van der Waals surface area contributed by atoms with Crippen LogP contribution < -0.4 is 5.73 Å². The summed E-state index contributed by atoms with van der Waals surface area (Å²) in [5.74, 6) is 0.188. The number of nitrogen functional groups attached to an aromatic ring is 1. The Morgan fingerprint density at radius 3 is 2.24 bits per heavy atom. The lowest BCUT2D eigenvalue weighted by atomic mass is 10.1. The number of phenolic OH excluding ortho intramolecular Hbond substituents is 1. The second kappa shape index (κ2) is 4.74. The standard InChI is InChI=1S/C15H15NO/c1-11-2-4-12(5-3-11)6-7-13-8-14(16)10-15(17)9-13/h2-10,17H,16H2,1H3/b7-6+. The molecular formula is C15H15NO. The summed E-state index contributed by atoms with van der Waals surface area (Å²) in [6.45, 7) is 2.06. The molecule has 0 heterocycles. The molecule has 86 valence electrons. The number of anilines is 1. The zero-order valence-corrected chi connectivity index (χ0v) is 9.72. The predicted octanol–water partition coefficient (Wildman–Crippen LogP) is 3.45. The first-order valence-corrected chi connectivity index (χ1v) is 5.48. The molecule has 17 heavy (non-hydrogen) atoms. The molecule has 0 fully saturated rings. The van der Waals surface area contributed by atoms with Crippen molar-refractivity contribution in [1.29, 1.82) is 0 Å². The molecule has 0 aromatic heterocycles. The molecule has 3 N–H and O–H groups in total. The van der Waals surface area contributed by atoms with Gasteiger partial charge in [0, 0.05) is 11.8 Å². The fourth-order valence-electron chi connectivity index (χ4n) is 1.63. The summed E-state index contributed by atoms with van der Waals surface area (Å²) >= 11 is 0. The van der Waals surface area contributed by atoms with Crippen LogP contribution in [0.1, 0.15) is 16.7 Å². The van der Waals surface area contributed by atoms with Crippen molar-refractivity contribution in [2.45, 2.75) is 6.92 Å². The average Bonchev–Trinajstić information content (AvgIpc) is 2.27. The second-order valence-corrected chi connectivity index (χ2v) is 4.10. The van der Waals surface area contributed by atoms with E-state index in [1.165, 1.54) is 11.6 Å². The van der Waals surface area contributed by atoms with Gasteiger partial charge in [0.05, 0.1) is 0 Å². The Morgan fingerprint density at radius 2 is 1.59 bits per heavy atom. The maximum atomic E-state index is 9.41. The third-order valence-corrected chi connectivity index (χ3v) is 2.51. The Kier molecular flexibility index (Phi) is 3.15. The van der Waals surface area contributed by atoms with Gasteiger partial charge in [-0.1, -0.05) is 42.0 Å². The molecule has 0 amide bonds. The molecule has 0 atom stereocenters. The molecule has 0 saturated heterocycles. The van der Waals surface area contributed by atoms with Gasteiger partial charge in [0.2, 0.25) is 0 Å². The zero-order valence-electron chi connectivity index (χ0n) is 9.72. The van der Waals surface area contributed by atoms with Crippen molar-refractivity contribution in [2.75, 3.05) is 5.73 Å². The van der Waals surface area contributed by atoms with Crippen molar-refractivity contribution in [3.05, 3.63) is 59.2 Å². The monoisotopic (exact) mass is 225 g/mol. The van der Waals surface area contributed by atoms with Gasteiger partial charge in [-0.2, -0.15) is 0 Å². The van der Waals surface area contributed by atoms with Gasteiger partial charge in [-0.05, 0) is 30.2 Å². The van der Waals surface area contributed by atoms with Crippen LogP contribution in [0.15, 0.2) is 42.5 Å². The normalized spacial score (nSPS) is 10.9. The van der Waals surface area contributed by atoms with Crippen molar-refractivity contribution in [3.63, 3.8) is 0 Å². The van der Waals surface area contributed by atoms with Crippen molar-refractivity contribution in [3.8, 4) is 5.75 Å². The summed E-state index contributed by atoms with van der Waals surface area (Å²) < 4.78 is 0. The highest BCUT2D eigenvalue weighted by Crippen LogP contribution is 2.19. The summed E-state index contributed by atoms with van der Waals surface area (Å²) in [5.41, 5.74) is 9.47. The lowest BCUT2D eigenvalue weighted by Crippen LogP contribution is -1.84. The molecule has 2 nitrogen and oxygen atoms in total. The minimum absolute atomic E-state index is 0.188. The molecule has 0 saturated carbocycles. The molecular weight excluding hydrogens is 210 g/mol. The number of rotatable bonds is 2. The molecule has 0 bridgehead atoms. The molecule has 0 aliphatic carbocycles. The summed E-state index contributed by atoms with van der Waals surface area (Å²) in [7, 11) is 0. The number of hydrogen-bond acceptors (Lipinski definition) is 2. The predicted molar refractivity (Wildman–Crippen MR) is 72.6 cm³/mol. The van der Waals surface area contributed by atoms with E-state index in [1.54, 1.807) is 6.07 Å². The van der Waals surface area contributed by atoms with Crippen LogP contribution in [0.25, 0.3) is 12.2 Å². The Balaban J connectivity index is 2.22. The highest BCUT2D eigenvalue weighted by molar-refractivity contribution is 5.72. The van der Waals surface area contributed by atoms with E-state index in [0.717, 1.165) is 11.1 Å². The van der Waals surface area contributed by atoms with Crippen LogP contribution in [-0.2, 0) is 0 Å². The minimum Gasteiger partial charge on any atom is -0.508 e. The van der Waals surface area contributed by atoms with E-state index < -0.39 is 0 Å². The third kappa shape index (κ3) is 3.11. The number of nitrogens with two attached hydrogens (primary N) is 1. The number of hydrogen-bond donors (Lipinski definition) is 2. The fourth-order valence-corrected chi connectivity index (χ4v) is 1.63. The fraction of sp³-hybridized carbons (Fsp3) is 0.0667. The summed E-state index contributed by atoms with van der Waals surface area (Å²) in [5, 5.41) is 9.41. The van der Waals surface area contributed by atoms with E-state index in [1.807, 2.05) is 18.2 Å². The van der Waals surface area contributed by atoms with Crippen LogP contribution in [0, 0.1) is 6.92 Å². The van der Waals surface area contributed by atoms with Crippen LogP contribution in [0.4, 0.5) is 5.69 Å². The van der Waals surface area contributed by atoms with E-state index in [9.17, 15) is 5.11 Å². The molecule has 2 rings (SSSR count). The Hall–Kier alpha value is -2.22. The lowest BCUT2D eigenvalue weighted by Gasteiger charge is -1.99. The Labute approximate surface area is 101 Å². The first-order chi connectivity index (χ1) is 8.13. The van der Waals surface area contributed by atoms with Crippen LogP contribution >= 0.6 is 0 Å². The van der Waals surface area contributed by atoms with Gasteiger partial charge < -0.3 is 10.8 Å². The van der Waals surface area contributed by atoms with E-state index in [-0.39, 0.29) is 5.75 Å². The molecule has 0 unspecified atom stereocenters. The van der Waals surface area contributed by atoms with Gasteiger partial charge in [-0.15, -0.1) is 0 Å². The Bertz CT molecular complexity index is 521. The Morgan fingerprint density at radius 1 is 0.941 bits per heavy atom. The second-order valence-electron chi connectivity index (χ2n) is 4.10. The first-order valence-electron chi connectivity index (χ1n) is 5.48. The molecule has 2 aromatic carbocycles. The number of aryl methyl sites for hydroxylation is 1. The van der Waals surface area contributed by atoms with Crippen molar-refractivity contribution in [2.24, 2.45) is 0 Å². The van der Waals surface area contributed by atoms with Gasteiger partial charge >= 0.3 is 0 Å². The highest BCUT2D eigenvalue weighted by atomic mass is 16.3. The molecule has 0 radical (unpaired) electrons. The van der Waals surface area contributed by atoms with E-state index in [0.29, 0.717) is 5.69 Å². The van der Waals surface area contributed by atoms with Crippen molar-refractivity contribution in [1.82, 2.24) is 0 Å². The van der Waals surface area contributed by atoms with Gasteiger partial charge in [0.1, 0.15) is 5.75 Å². The topological polar surface area (TPSA) is 46.2 Å². The van der Waals surface area contributed by atoms with Gasteiger partial charge in [-0.3, -0.25) is 0 Å². The van der Waals surface area contributed by atoms with Crippen LogP contribution in [0.3, 0.4) is 0 Å². The minimum atomic E-state index is 0.188. The van der Waals surface area contributed by atoms with Crippen molar-refractivity contribution < 1.29 is 5.11 Å². The lowest BCUT2D eigenvalue weighted by molar-refractivity contribution is 0.475. The molecule has 0 aliphatic heterocycles. The van der Waals surface area contributed by atoms with E-state index >= 15 is 0 Å². The average molecular weight is 225 g/mol. The maximum Gasteiger partial charge on any atom is 0.118 e. The first kappa shape index (κ1) is 11.3. The smallest absolute Gasteiger partial charge is 0.118 e. The summed E-state index contributed by atoms with van der Waals surface area (Å²) in [4.78, 5) is 0. The molecule has 0 aliphatic rings. The van der Waals surface area contributed by atoms with E-state index in [4.69, 9.17) is 5.73 Å². The number of aromatic hydroxyl groups is 1. The number of benzene rings is 2. The summed E-state index contributed by atoms with van der Waals surface area (Å²) in [6.07, 6.45) is 3.92.